The van der Waals surface area contributed by atoms with E-state index in [1.54, 1.807) is 0 Å². The van der Waals surface area contributed by atoms with Gasteiger partial charge in [0.25, 0.3) is 18.3 Å². The lowest BCUT2D eigenvalue weighted by Crippen LogP contribution is -2.43. The third kappa shape index (κ3) is 7.44. The number of nitrogens with one attached hydrogen (secondary N) is 3. The van der Waals surface area contributed by atoms with Crippen molar-refractivity contribution in [2.24, 2.45) is 30.7 Å². The van der Waals surface area contributed by atoms with Crippen LogP contribution in [0.15, 0.2) is 30.6 Å². The summed E-state index contributed by atoms with van der Waals surface area (Å²) in [5.41, 5.74) is -0.537. The number of likely N-dealkylation sites (tertiary alicyclic amines) is 1. The van der Waals surface area contributed by atoms with Gasteiger partial charge < -0.3 is 30.5 Å². The van der Waals surface area contributed by atoms with Crippen LogP contribution in [0.5, 0.6) is 0 Å². The molecule has 13 nitrogen and oxygen atoms in total. The molecule has 7 rings (SSSR count). The minimum absolute atomic E-state index is 0.0173. The van der Waals surface area contributed by atoms with Crippen LogP contribution in [0.2, 0.25) is 5.02 Å². The van der Waals surface area contributed by atoms with Crippen molar-refractivity contribution >= 4 is 41.5 Å². The summed E-state index contributed by atoms with van der Waals surface area (Å²) in [4.78, 5) is 53.4. The van der Waals surface area contributed by atoms with E-state index in [2.05, 4.69) is 26.0 Å². The lowest BCUT2D eigenvalue weighted by molar-refractivity contribution is -0.141. The molecular formula is C32H36ClF3N8O5. The molecule has 2 aliphatic heterocycles. The van der Waals surface area contributed by atoms with Gasteiger partial charge in [-0.15, -0.1) is 0 Å². The third-order valence-corrected chi connectivity index (χ3v) is 9.92. The molecule has 0 bridgehead atoms. The van der Waals surface area contributed by atoms with E-state index in [0.29, 0.717) is 31.2 Å². The zero-order valence-electron chi connectivity index (χ0n) is 26.5. The van der Waals surface area contributed by atoms with E-state index in [-0.39, 0.29) is 69.8 Å². The SMILES string of the molecule is Cn1c(-c2cn(CC3CC3)nc2C(F)(F)F)cnc1C(=O)Nc1ccc(C(=O)NC2C3CN(C(=O)C4CCNCC4)CC32)c(Cl)c1.O=CO. The topological polar surface area (TPSA) is 163 Å². The highest BCUT2D eigenvalue weighted by atomic mass is 35.5. The van der Waals surface area contributed by atoms with Crippen molar-refractivity contribution in [3.63, 3.8) is 0 Å². The molecule has 4 fully saturated rings. The van der Waals surface area contributed by atoms with Crippen molar-refractivity contribution in [1.29, 1.82) is 0 Å². The van der Waals surface area contributed by atoms with Crippen LogP contribution in [-0.2, 0) is 29.4 Å². The Balaban J connectivity index is 0.00000134. The molecule has 4 aliphatic rings. The fourth-order valence-corrected chi connectivity index (χ4v) is 7.05. The molecule has 2 aliphatic carbocycles. The maximum atomic E-state index is 13.8. The van der Waals surface area contributed by atoms with Gasteiger partial charge in [-0.3, -0.25) is 23.9 Å². The third-order valence-electron chi connectivity index (χ3n) is 9.60. The first-order valence-electron chi connectivity index (χ1n) is 16.1. The molecular weight excluding hydrogens is 669 g/mol. The average molecular weight is 705 g/mol. The lowest BCUT2D eigenvalue weighted by atomic mass is 9.96. The number of imidazole rings is 1. The average Bonchev–Trinajstić information content (AvgIpc) is 3.77. The number of hydrogen-bond acceptors (Lipinski definition) is 7. The van der Waals surface area contributed by atoms with Crippen molar-refractivity contribution in [2.45, 2.75) is 44.4 Å². The second-order valence-corrected chi connectivity index (χ2v) is 13.3. The number of anilines is 1. The van der Waals surface area contributed by atoms with Crippen LogP contribution < -0.4 is 16.0 Å². The zero-order chi connectivity index (χ0) is 35.0. The van der Waals surface area contributed by atoms with E-state index in [9.17, 15) is 27.6 Å². The van der Waals surface area contributed by atoms with Crippen LogP contribution >= 0.6 is 11.6 Å². The van der Waals surface area contributed by atoms with Crippen LogP contribution in [0.4, 0.5) is 18.9 Å². The molecule has 4 heterocycles. The fraction of sp³-hybridized carbons (Fsp3) is 0.500. The second kappa shape index (κ2) is 13.8. The summed E-state index contributed by atoms with van der Waals surface area (Å²) < 4.78 is 44.0. The van der Waals surface area contributed by atoms with E-state index in [4.69, 9.17) is 21.5 Å². The number of nitrogens with zero attached hydrogens (tertiary/aromatic N) is 5. The second-order valence-electron chi connectivity index (χ2n) is 12.9. The van der Waals surface area contributed by atoms with Gasteiger partial charge >= 0.3 is 6.18 Å². The van der Waals surface area contributed by atoms with E-state index >= 15 is 0 Å². The van der Waals surface area contributed by atoms with Crippen LogP contribution in [0.25, 0.3) is 11.3 Å². The molecule has 0 radical (unpaired) electrons. The number of carbonyl (C=O) groups excluding carboxylic acids is 3. The van der Waals surface area contributed by atoms with Gasteiger partial charge in [0, 0.05) is 62.4 Å². The quantitative estimate of drug-likeness (QED) is 0.259. The lowest BCUT2D eigenvalue weighted by Gasteiger charge is -2.28. The van der Waals surface area contributed by atoms with E-state index < -0.39 is 17.8 Å². The molecule has 1 aromatic carbocycles. The summed E-state index contributed by atoms with van der Waals surface area (Å²) in [6.45, 7) is 3.17. The predicted molar refractivity (Wildman–Crippen MR) is 171 cm³/mol. The monoisotopic (exact) mass is 704 g/mol. The Labute approximate surface area is 284 Å². The molecule has 2 aromatic heterocycles. The molecule has 2 unspecified atom stereocenters. The molecule has 3 aromatic rings. The van der Waals surface area contributed by atoms with Crippen molar-refractivity contribution < 1.29 is 37.5 Å². The molecule has 2 saturated heterocycles. The highest BCUT2D eigenvalue weighted by Crippen LogP contribution is 2.46. The largest absolute Gasteiger partial charge is 0.483 e. The van der Waals surface area contributed by atoms with Crippen molar-refractivity contribution in [3.8, 4) is 11.3 Å². The fourth-order valence-electron chi connectivity index (χ4n) is 6.79. The molecule has 4 N–H and O–H groups in total. The normalized spacial score (nSPS) is 21.7. The molecule has 3 amide bonds. The first-order valence-corrected chi connectivity index (χ1v) is 16.4. The number of rotatable bonds is 8. The molecule has 0 spiro atoms. The summed E-state index contributed by atoms with van der Waals surface area (Å²) in [5, 5.41) is 19.8. The van der Waals surface area contributed by atoms with E-state index in [0.717, 1.165) is 38.8 Å². The first kappa shape index (κ1) is 34.4. The van der Waals surface area contributed by atoms with Crippen LogP contribution in [0.3, 0.4) is 0 Å². The molecule has 262 valence electrons. The summed E-state index contributed by atoms with van der Waals surface area (Å²) in [6.07, 6.45) is 1.54. The van der Waals surface area contributed by atoms with Crippen molar-refractivity contribution in [3.05, 3.63) is 52.7 Å². The number of halogens is 4. The van der Waals surface area contributed by atoms with Crippen LogP contribution in [0, 0.1) is 23.7 Å². The first-order chi connectivity index (χ1) is 23.4. The van der Waals surface area contributed by atoms with Crippen LogP contribution in [-0.4, -0.2) is 85.8 Å². The molecule has 2 saturated carbocycles. The highest BCUT2D eigenvalue weighted by molar-refractivity contribution is 6.34. The van der Waals surface area contributed by atoms with Gasteiger partial charge in [-0.2, -0.15) is 18.3 Å². The van der Waals surface area contributed by atoms with Crippen LogP contribution in [0.1, 0.15) is 52.4 Å². The molecule has 17 heteroatoms. The number of carbonyl (C=O) groups is 4. The number of amides is 3. The smallest absolute Gasteiger partial charge is 0.435 e. The Morgan fingerprint density at radius 3 is 2.39 bits per heavy atom. The minimum atomic E-state index is -4.67. The standard InChI is InChI=1S/C31H34ClF3N8O3.CH2O2/c1-41-24(22-15-43(12-16-2-3-16)40-26(22)31(33,34)35)11-37-27(41)29(45)38-18-4-5-19(23(32)10-18)28(44)39-25-20-13-42(14-21(20)25)30(46)17-6-8-36-9-7-17;2-1-3/h4-5,10-11,15-17,20-21,25,36H,2-3,6-9,12-14H2,1H3,(H,38,45)(H,39,44);1H,(H,2,3). The van der Waals surface area contributed by atoms with Gasteiger partial charge in [-0.05, 0) is 62.9 Å². The number of aromatic nitrogens is 4. The van der Waals surface area contributed by atoms with Gasteiger partial charge in [0.15, 0.2) is 11.5 Å². The number of carboxylic acid groups (broad SMARTS) is 1. The van der Waals surface area contributed by atoms with Crippen molar-refractivity contribution in [1.82, 2.24) is 34.9 Å². The number of fused-ring (bicyclic) bond motifs is 1. The Morgan fingerprint density at radius 1 is 1.10 bits per heavy atom. The van der Waals surface area contributed by atoms with Gasteiger partial charge in [0.2, 0.25) is 5.91 Å². The predicted octanol–water partition coefficient (Wildman–Crippen LogP) is 3.51. The Kier molecular flexibility index (Phi) is 9.71. The van der Waals surface area contributed by atoms with Gasteiger partial charge in [0.1, 0.15) is 0 Å². The van der Waals surface area contributed by atoms with Gasteiger partial charge in [-0.1, -0.05) is 11.6 Å². The number of alkyl halides is 3. The highest BCUT2D eigenvalue weighted by Gasteiger charge is 2.57. The molecule has 49 heavy (non-hydrogen) atoms. The summed E-state index contributed by atoms with van der Waals surface area (Å²) in [6, 6.07) is 4.46. The summed E-state index contributed by atoms with van der Waals surface area (Å²) in [7, 11) is 1.46. The Morgan fingerprint density at radius 2 is 1.78 bits per heavy atom. The van der Waals surface area contributed by atoms with E-state index in [1.807, 2.05) is 4.90 Å². The number of hydrogen-bond donors (Lipinski definition) is 4. The Bertz CT molecular complexity index is 1740. The zero-order valence-corrected chi connectivity index (χ0v) is 27.3. The maximum absolute atomic E-state index is 13.8. The minimum Gasteiger partial charge on any atom is -0.483 e. The van der Waals surface area contributed by atoms with Gasteiger partial charge in [0.05, 0.1) is 28.0 Å². The number of piperidine rings is 2. The van der Waals surface area contributed by atoms with Crippen molar-refractivity contribution in [2.75, 3.05) is 31.5 Å². The number of benzene rings is 1. The van der Waals surface area contributed by atoms with Gasteiger partial charge in [-0.25, -0.2) is 4.98 Å². The summed E-state index contributed by atoms with van der Waals surface area (Å²) in [5.74, 6) is -0.0236. The Hall–Kier alpha value is -4.44. The maximum Gasteiger partial charge on any atom is 0.435 e. The molecule has 2 atom stereocenters. The summed E-state index contributed by atoms with van der Waals surface area (Å²) >= 11 is 6.44. The van der Waals surface area contributed by atoms with E-state index in [1.165, 1.54) is 46.9 Å².